The Bertz CT molecular complexity index is 278. The highest BCUT2D eigenvalue weighted by molar-refractivity contribution is 7.86. The summed E-state index contributed by atoms with van der Waals surface area (Å²) in [6.07, 6.45) is -1.08. The van der Waals surface area contributed by atoms with E-state index < -0.39 is 34.7 Å². The molecule has 1 saturated heterocycles. The third-order valence-corrected chi connectivity index (χ3v) is 2.59. The van der Waals surface area contributed by atoms with Gasteiger partial charge in [-0.05, 0) is 6.92 Å². The van der Waals surface area contributed by atoms with Crippen LogP contribution in [0.2, 0.25) is 0 Å². The molecule has 0 spiro atoms. The van der Waals surface area contributed by atoms with Gasteiger partial charge in [0.25, 0.3) is 10.1 Å². The third kappa shape index (κ3) is 3.18. The van der Waals surface area contributed by atoms with Crippen LogP contribution in [0.1, 0.15) is 13.3 Å². The van der Waals surface area contributed by atoms with Crippen molar-refractivity contribution in [2.45, 2.75) is 37.9 Å². The van der Waals surface area contributed by atoms with Gasteiger partial charge in [-0.2, -0.15) is 8.42 Å². The molecule has 4 atom stereocenters. The maximum Gasteiger partial charge on any atom is 0.264 e. The first-order chi connectivity index (χ1) is 6.29. The Morgan fingerprint density at radius 1 is 1.57 bits per heavy atom. The molecule has 14 heavy (non-hydrogen) atoms. The summed E-state index contributed by atoms with van der Waals surface area (Å²) < 4.78 is 31.5. The minimum Gasteiger partial charge on any atom is -0.368 e. The zero-order valence-electron chi connectivity index (χ0n) is 8.08. The van der Waals surface area contributed by atoms with E-state index in [1.807, 2.05) is 0 Å². The number of ether oxygens (including phenoxy) is 1. The van der Waals surface area contributed by atoms with E-state index in [0.717, 1.165) is 6.26 Å². The van der Waals surface area contributed by atoms with E-state index in [1.54, 1.807) is 6.92 Å². The zero-order valence-corrected chi connectivity index (χ0v) is 8.90. The Balaban J connectivity index is 2.68. The van der Waals surface area contributed by atoms with Gasteiger partial charge in [0.05, 0.1) is 12.4 Å². The van der Waals surface area contributed by atoms with Crippen molar-refractivity contribution < 1.29 is 22.4 Å². The number of hydrogen-bond donors (Lipinski definition) is 2. The van der Waals surface area contributed by atoms with Gasteiger partial charge < -0.3 is 15.6 Å². The van der Waals surface area contributed by atoms with Crippen molar-refractivity contribution in [3.8, 4) is 0 Å². The SMILES string of the molecule is C[C@@H]1O[C@@H](O)C[C@@H](N)[C@H]1OS(C)(=O)=O. The Labute approximate surface area is 83.1 Å². The van der Waals surface area contributed by atoms with E-state index in [-0.39, 0.29) is 6.42 Å². The highest BCUT2D eigenvalue weighted by atomic mass is 32.2. The van der Waals surface area contributed by atoms with Crippen LogP contribution >= 0.6 is 0 Å². The maximum atomic E-state index is 10.9. The lowest BCUT2D eigenvalue weighted by Gasteiger charge is -2.35. The summed E-state index contributed by atoms with van der Waals surface area (Å²) in [4.78, 5) is 0. The van der Waals surface area contributed by atoms with Gasteiger partial charge in [0.2, 0.25) is 0 Å². The topological polar surface area (TPSA) is 98.8 Å². The van der Waals surface area contributed by atoms with Gasteiger partial charge in [-0.1, -0.05) is 0 Å². The molecule has 0 radical (unpaired) electrons. The Morgan fingerprint density at radius 3 is 2.57 bits per heavy atom. The monoisotopic (exact) mass is 225 g/mol. The maximum absolute atomic E-state index is 10.9. The Kier molecular flexibility index (Phi) is 3.49. The van der Waals surface area contributed by atoms with E-state index in [2.05, 4.69) is 0 Å². The van der Waals surface area contributed by atoms with Crippen LogP contribution in [-0.2, 0) is 19.0 Å². The van der Waals surface area contributed by atoms with Crippen LogP contribution in [-0.4, -0.2) is 44.3 Å². The summed E-state index contributed by atoms with van der Waals surface area (Å²) in [6, 6.07) is -0.538. The minimum absolute atomic E-state index is 0.171. The van der Waals surface area contributed by atoms with Crippen molar-refractivity contribution in [2.24, 2.45) is 5.73 Å². The smallest absolute Gasteiger partial charge is 0.264 e. The molecule has 0 unspecified atom stereocenters. The van der Waals surface area contributed by atoms with E-state index in [4.69, 9.17) is 19.8 Å². The molecule has 0 amide bonds. The van der Waals surface area contributed by atoms with Crippen LogP contribution in [0.5, 0.6) is 0 Å². The lowest BCUT2D eigenvalue weighted by molar-refractivity contribution is -0.192. The summed E-state index contributed by atoms with van der Waals surface area (Å²) in [6.45, 7) is 1.61. The van der Waals surface area contributed by atoms with Crippen LogP contribution in [0.3, 0.4) is 0 Å². The first-order valence-electron chi connectivity index (χ1n) is 4.27. The standard InChI is InChI=1S/C7H15NO5S/c1-4-7(13-14(2,10)11)5(8)3-6(9)12-4/h4-7,9H,3,8H2,1-2H3/t4-,5+,6+,7-/m0/s1. The highest BCUT2D eigenvalue weighted by Crippen LogP contribution is 2.21. The first-order valence-corrected chi connectivity index (χ1v) is 6.08. The molecule has 0 bridgehead atoms. The molecular formula is C7H15NO5S. The van der Waals surface area contributed by atoms with Crippen molar-refractivity contribution in [2.75, 3.05) is 6.26 Å². The molecular weight excluding hydrogens is 210 g/mol. The second-order valence-electron chi connectivity index (χ2n) is 3.46. The molecule has 0 aromatic heterocycles. The number of nitrogens with two attached hydrogens (primary N) is 1. The lowest BCUT2D eigenvalue weighted by Crippen LogP contribution is -2.53. The first kappa shape index (κ1) is 11.9. The average Bonchev–Trinajstić information content (AvgIpc) is 1.95. The Hall–Kier alpha value is -0.210. The van der Waals surface area contributed by atoms with Crippen molar-refractivity contribution in [1.29, 1.82) is 0 Å². The molecule has 1 heterocycles. The van der Waals surface area contributed by atoms with Crippen molar-refractivity contribution >= 4 is 10.1 Å². The second-order valence-corrected chi connectivity index (χ2v) is 5.06. The molecule has 6 nitrogen and oxygen atoms in total. The number of hydrogen-bond acceptors (Lipinski definition) is 6. The van der Waals surface area contributed by atoms with E-state index in [0.29, 0.717) is 0 Å². The molecule has 0 saturated carbocycles. The van der Waals surface area contributed by atoms with Crippen molar-refractivity contribution in [3.05, 3.63) is 0 Å². The number of rotatable bonds is 2. The quantitative estimate of drug-likeness (QED) is 0.572. The number of aliphatic hydroxyl groups excluding tert-OH is 1. The van der Waals surface area contributed by atoms with E-state index >= 15 is 0 Å². The molecule has 7 heteroatoms. The van der Waals surface area contributed by atoms with Crippen molar-refractivity contribution in [1.82, 2.24) is 0 Å². The minimum atomic E-state index is -3.55. The largest absolute Gasteiger partial charge is 0.368 e. The molecule has 1 fully saturated rings. The van der Waals surface area contributed by atoms with Crippen LogP contribution in [0.25, 0.3) is 0 Å². The van der Waals surface area contributed by atoms with Crippen LogP contribution in [0, 0.1) is 0 Å². The van der Waals surface area contributed by atoms with Crippen LogP contribution in [0.4, 0.5) is 0 Å². The summed E-state index contributed by atoms with van der Waals surface area (Å²) >= 11 is 0. The fourth-order valence-corrected chi connectivity index (χ4v) is 2.15. The summed E-state index contributed by atoms with van der Waals surface area (Å²) in [5.41, 5.74) is 5.64. The molecule has 3 N–H and O–H groups in total. The molecule has 0 aromatic carbocycles. The fraction of sp³-hybridized carbons (Fsp3) is 1.00. The summed E-state index contributed by atoms with van der Waals surface area (Å²) in [5, 5.41) is 9.16. The fourth-order valence-electron chi connectivity index (χ4n) is 1.45. The molecule has 1 aliphatic rings. The summed E-state index contributed by atoms with van der Waals surface area (Å²) in [7, 11) is -3.55. The van der Waals surface area contributed by atoms with Crippen LogP contribution in [0.15, 0.2) is 0 Å². The van der Waals surface area contributed by atoms with Gasteiger partial charge in [0, 0.05) is 12.5 Å². The van der Waals surface area contributed by atoms with E-state index in [1.165, 1.54) is 0 Å². The lowest BCUT2D eigenvalue weighted by atomic mass is 10.0. The predicted octanol–water partition coefficient (Wildman–Crippen LogP) is -1.21. The van der Waals surface area contributed by atoms with Gasteiger partial charge in [-0.25, -0.2) is 0 Å². The van der Waals surface area contributed by atoms with Gasteiger partial charge in [-0.15, -0.1) is 0 Å². The molecule has 1 aliphatic heterocycles. The Morgan fingerprint density at radius 2 is 2.14 bits per heavy atom. The second kappa shape index (κ2) is 4.11. The molecule has 0 aliphatic carbocycles. The average molecular weight is 225 g/mol. The summed E-state index contributed by atoms with van der Waals surface area (Å²) in [5.74, 6) is 0. The van der Waals surface area contributed by atoms with Gasteiger partial charge in [0.1, 0.15) is 6.10 Å². The number of aliphatic hydroxyl groups is 1. The molecule has 84 valence electrons. The van der Waals surface area contributed by atoms with Gasteiger partial charge in [-0.3, -0.25) is 4.18 Å². The predicted molar refractivity (Wildman–Crippen MR) is 48.9 cm³/mol. The van der Waals surface area contributed by atoms with Crippen molar-refractivity contribution in [3.63, 3.8) is 0 Å². The molecule has 0 aromatic rings. The zero-order chi connectivity index (χ0) is 10.9. The third-order valence-electron chi connectivity index (χ3n) is 2.02. The van der Waals surface area contributed by atoms with E-state index in [9.17, 15) is 8.42 Å². The van der Waals surface area contributed by atoms with Crippen LogP contribution < -0.4 is 5.73 Å². The van der Waals surface area contributed by atoms with Gasteiger partial charge >= 0.3 is 0 Å². The van der Waals surface area contributed by atoms with Gasteiger partial charge in [0.15, 0.2) is 6.29 Å². The normalized spacial score (nSPS) is 39.7. The highest BCUT2D eigenvalue weighted by Gasteiger charge is 2.36. The molecule has 1 rings (SSSR count).